The lowest BCUT2D eigenvalue weighted by molar-refractivity contribution is -0.139. The second-order valence-corrected chi connectivity index (χ2v) is 6.22. The Morgan fingerprint density at radius 2 is 2.00 bits per heavy atom. The number of sulfonamides is 1. The van der Waals surface area contributed by atoms with E-state index in [0.29, 0.717) is 0 Å². The summed E-state index contributed by atoms with van der Waals surface area (Å²) < 4.78 is 30.2. The molecule has 1 atom stereocenters. The Balaban J connectivity index is 3.07. The molecule has 110 valence electrons. The third-order valence-corrected chi connectivity index (χ3v) is 4.43. The minimum atomic E-state index is -4.04. The lowest BCUT2D eigenvalue weighted by Gasteiger charge is -2.13. The van der Waals surface area contributed by atoms with Gasteiger partial charge >= 0.3 is 11.9 Å². The van der Waals surface area contributed by atoms with Gasteiger partial charge in [-0.05, 0) is 25.1 Å². The quantitative estimate of drug-likeness (QED) is 0.792. The zero-order valence-corrected chi connectivity index (χ0v) is 12.2. The molecule has 1 aromatic rings. The number of ether oxygens (including phenoxy) is 1. The van der Waals surface area contributed by atoms with Crippen molar-refractivity contribution in [3.63, 3.8) is 0 Å². The Labute approximate surface area is 120 Å². The fraction of sp³-hybridized carbons (Fsp3) is 0.273. The third-order valence-electron chi connectivity index (χ3n) is 2.46. The van der Waals surface area contributed by atoms with Crippen LogP contribution < -0.4 is 4.72 Å². The van der Waals surface area contributed by atoms with Crippen LogP contribution >= 0.6 is 11.6 Å². The lowest BCUT2D eigenvalue weighted by atomic mass is 10.2. The molecular weight excluding hydrogens is 310 g/mol. The van der Waals surface area contributed by atoms with Crippen LogP contribution in [0, 0.1) is 0 Å². The molecular formula is C11H12ClNO6S. The van der Waals surface area contributed by atoms with Crippen LogP contribution in [0.2, 0.25) is 5.02 Å². The first-order valence-electron chi connectivity index (χ1n) is 5.31. The van der Waals surface area contributed by atoms with Crippen molar-refractivity contribution in [1.82, 2.24) is 0 Å². The molecule has 0 spiro atoms. The molecule has 0 saturated heterocycles. The number of esters is 1. The van der Waals surface area contributed by atoms with Gasteiger partial charge < -0.3 is 9.84 Å². The number of carboxylic acids is 1. The van der Waals surface area contributed by atoms with E-state index < -0.39 is 27.2 Å². The van der Waals surface area contributed by atoms with Gasteiger partial charge in [-0.3, -0.25) is 9.52 Å². The average Bonchev–Trinajstić information content (AvgIpc) is 2.38. The SMILES string of the molecule is COC(=O)C(C)S(=O)(=O)Nc1ccc(Cl)c(C(=O)O)c1. The summed E-state index contributed by atoms with van der Waals surface area (Å²) in [5.41, 5.74) is -0.264. The van der Waals surface area contributed by atoms with Crippen LogP contribution in [0.15, 0.2) is 18.2 Å². The number of carboxylic acid groups (broad SMARTS) is 1. The normalized spacial score (nSPS) is 12.6. The van der Waals surface area contributed by atoms with E-state index >= 15 is 0 Å². The van der Waals surface area contributed by atoms with E-state index in [-0.39, 0.29) is 16.3 Å². The van der Waals surface area contributed by atoms with Gasteiger partial charge in [-0.2, -0.15) is 0 Å². The van der Waals surface area contributed by atoms with Gasteiger partial charge in [-0.1, -0.05) is 11.6 Å². The molecule has 1 aromatic carbocycles. The lowest BCUT2D eigenvalue weighted by Crippen LogP contribution is -2.33. The van der Waals surface area contributed by atoms with Crippen molar-refractivity contribution in [3.05, 3.63) is 28.8 Å². The molecule has 0 heterocycles. The number of hydrogen-bond donors (Lipinski definition) is 2. The number of methoxy groups -OCH3 is 1. The number of anilines is 1. The molecule has 0 radical (unpaired) electrons. The van der Waals surface area contributed by atoms with E-state index in [1.165, 1.54) is 12.1 Å². The predicted molar refractivity (Wildman–Crippen MR) is 72.4 cm³/mol. The van der Waals surface area contributed by atoms with E-state index in [4.69, 9.17) is 16.7 Å². The van der Waals surface area contributed by atoms with Crippen molar-refractivity contribution in [3.8, 4) is 0 Å². The third kappa shape index (κ3) is 3.61. The zero-order valence-electron chi connectivity index (χ0n) is 10.6. The van der Waals surface area contributed by atoms with Crippen LogP contribution in [0.4, 0.5) is 5.69 Å². The minimum absolute atomic E-state index is 0.0115. The summed E-state index contributed by atoms with van der Waals surface area (Å²) in [6.45, 7) is 1.15. The first-order valence-corrected chi connectivity index (χ1v) is 7.23. The standard InChI is InChI=1S/C11H12ClNO6S/c1-6(11(16)19-2)20(17,18)13-7-3-4-9(12)8(5-7)10(14)15/h3-6,13H,1-2H3,(H,14,15). The molecule has 1 unspecified atom stereocenters. The number of aromatic carboxylic acids is 1. The van der Waals surface area contributed by atoms with Crippen LogP contribution in [0.25, 0.3) is 0 Å². The van der Waals surface area contributed by atoms with E-state index in [2.05, 4.69) is 9.46 Å². The Hall–Kier alpha value is -1.80. The summed E-state index contributed by atoms with van der Waals surface area (Å²) in [4.78, 5) is 22.1. The monoisotopic (exact) mass is 321 g/mol. The van der Waals surface area contributed by atoms with E-state index in [1.54, 1.807) is 0 Å². The highest BCUT2D eigenvalue weighted by molar-refractivity contribution is 7.94. The molecule has 2 N–H and O–H groups in total. The van der Waals surface area contributed by atoms with Gasteiger partial charge in [-0.15, -0.1) is 0 Å². The molecule has 1 rings (SSSR count). The molecule has 0 amide bonds. The average molecular weight is 322 g/mol. The summed E-state index contributed by atoms with van der Waals surface area (Å²) in [5, 5.41) is 7.43. The maximum atomic E-state index is 11.9. The molecule has 20 heavy (non-hydrogen) atoms. The van der Waals surface area contributed by atoms with Crippen LogP contribution in [0.3, 0.4) is 0 Å². The van der Waals surface area contributed by atoms with Crippen LogP contribution in [0.5, 0.6) is 0 Å². The van der Waals surface area contributed by atoms with Gasteiger partial charge in [0, 0.05) is 5.69 Å². The molecule has 7 nitrogen and oxygen atoms in total. The zero-order chi connectivity index (χ0) is 15.5. The van der Waals surface area contributed by atoms with Crippen molar-refractivity contribution in [2.24, 2.45) is 0 Å². The van der Waals surface area contributed by atoms with Crippen molar-refractivity contribution < 1.29 is 27.9 Å². The highest BCUT2D eigenvalue weighted by Gasteiger charge is 2.29. The molecule has 0 saturated carbocycles. The van der Waals surface area contributed by atoms with Crippen molar-refractivity contribution in [2.45, 2.75) is 12.2 Å². The maximum absolute atomic E-state index is 11.9. The predicted octanol–water partition coefficient (Wildman–Crippen LogP) is 1.34. The number of benzene rings is 1. The molecule has 0 aromatic heterocycles. The van der Waals surface area contributed by atoms with Crippen molar-refractivity contribution in [1.29, 1.82) is 0 Å². The molecule has 9 heteroatoms. The number of halogens is 1. The molecule has 0 aliphatic heterocycles. The summed E-state index contributed by atoms with van der Waals surface area (Å²) in [6, 6.07) is 3.59. The number of carbonyl (C=O) groups is 2. The number of carbonyl (C=O) groups excluding carboxylic acids is 1. The second-order valence-electron chi connectivity index (χ2n) is 3.81. The van der Waals surface area contributed by atoms with E-state index in [0.717, 1.165) is 20.1 Å². The van der Waals surface area contributed by atoms with Crippen LogP contribution in [-0.4, -0.2) is 37.8 Å². The van der Waals surface area contributed by atoms with Gasteiger partial charge in [0.25, 0.3) is 0 Å². The molecule has 0 fully saturated rings. The Morgan fingerprint density at radius 1 is 1.40 bits per heavy atom. The summed E-state index contributed by atoms with van der Waals surface area (Å²) in [5.74, 6) is -2.22. The largest absolute Gasteiger partial charge is 0.478 e. The van der Waals surface area contributed by atoms with Crippen LogP contribution in [-0.2, 0) is 19.6 Å². The van der Waals surface area contributed by atoms with E-state index in [9.17, 15) is 18.0 Å². The second kappa shape index (κ2) is 6.10. The number of rotatable bonds is 5. The van der Waals surface area contributed by atoms with Crippen LogP contribution in [0.1, 0.15) is 17.3 Å². The van der Waals surface area contributed by atoms with E-state index in [1.807, 2.05) is 0 Å². The topological polar surface area (TPSA) is 110 Å². The fourth-order valence-electron chi connectivity index (χ4n) is 1.30. The Bertz CT molecular complexity index is 642. The first-order chi connectivity index (χ1) is 9.19. The Morgan fingerprint density at radius 3 is 2.50 bits per heavy atom. The minimum Gasteiger partial charge on any atom is -0.478 e. The smallest absolute Gasteiger partial charge is 0.337 e. The number of nitrogens with one attached hydrogen (secondary N) is 1. The molecule has 0 aliphatic rings. The number of hydrogen-bond acceptors (Lipinski definition) is 5. The van der Waals surface area contributed by atoms with Gasteiger partial charge in [0.05, 0.1) is 17.7 Å². The molecule has 0 bridgehead atoms. The highest BCUT2D eigenvalue weighted by atomic mass is 35.5. The van der Waals surface area contributed by atoms with Gasteiger partial charge in [-0.25, -0.2) is 13.2 Å². The Kier molecular flexibility index (Phi) is 4.96. The summed E-state index contributed by atoms with van der Waals surface area (Å²) >= 11 is 5.67. The van der Waals surface area contributed by atoms with Gasteiger partial charge in [0.15, 0.2) is 5.25 Å². The van der Waals surface area contributed by atoms with Gasteiger partial charge in [0.2, 0.25) is 10.0 Å². The fourth-order valence-corrected chi connectivity index (χ4v) is 2.48. The summed E-state index contributed by atoms with van der Waals surface area (Å²) in [7, 11) is -2.97. The van der Waals surface area contributed by atoms with Crippen molar-refractivity contribution >= 4 is 39.3 Å². The highest BCUT2D eigenvalue weighted by Crippen LogP contribution is 2.22. The van der Waals surface area contributed by atoms with Crippen molar-refractivity contribution in [2.75, 3.05) is 11.8 Å². The van der Waals surface area contributed by atoms with Gasteiger partial charge in [0.1, 0.15) is 0 Å². The first kappa shape index (κ1) is 16.3. The summed E-state index contributed by atoms with van der Waals surface area (Å²) in [6.07, 6.45) is 0. The molecule has 0 aliphatic carbocycles. The maximum Gasteiger partial charge on any atom is 0.337 e.